The van der Waals surface area contributed by atoms with Crippen molar-refractivity contribution in [2.24, 2.45) is 27.9 Å². The van der Waals surface area contributed by atoms with E-state index in [0.29, 0.717) is 6.54 Å². The lowest BCUT2D eigenvalue weighted by molar-refractivity contribution is 0.548. The third-order valence-corrected chi connectivity index (χ3v) is 5.48. The SMILES string of the molecule is NC(N)=NCCc1cccc(-c2ncc(-c3cccc(CCNC(N)N)c3)s2)c1. The number of hydrogen-bond acceptors (Lipinski definition) is 6. The zero-order chi connectivity index (χ0) is 20.6. The van der Waals surface area contributed by atoms with Crippen molar-refractivity contribution < 1.29 is 0 Å². The van der Waals surface area contributed by atoms with E-state index in [1.54, 1.807) is 11.3 Å². The summed E-state index contributed by atoms with van der Waals surface area (Å²) in [7, 11) is 0. The van der Waals surface area contributed by atoms with E-state index >= 15 is 0 Å². The van der Waals surface area contributed by atoms with Crippen LogP contribution < -0.4 is 28.3 Å². The summed E-state index contributed by atoms with van der Waals surface area (Å²) in [5.74, 6) is 0.120. The molecule has 0 unspecified atom stereocenters. The fraction of sp³-hybridized carbons (Fsp3) is 0.238. The van der Waals surface area contributed by atoms with Crippen LogP contribution in [0.4, 0.5) is 0 Å². The highest BCUT2D eigenvalue weighted by Gasteiger charge is 2.08. The van der Waals surface area contributed by atoms with E-state index in [1.165, 1.54) is 11.1 Å². The summed E-state index contributed by atoms with van der Waals surface area (Å²) in [6.45, 7) is 1.31. The number of nitrogens with zero attached hydrogens (tertiary/aromatic N) is 2. The summed E-state index contributed by atoms with van der Waals surface area (Å²) in [5.41, 5.74) is 26.5. The fourth-order valence-corrected chi connectivity index (χ4v) is 3.89. The summed E-state index contributed by atoms with van der Waals surface area (Å²) in [5, 5.41) is 4.02. The Bertz CT molecular complexity index is 961. The van der Waals surface area contributed by atoms with Gasteiger partial charge in [0.05, 0.1) is 4.88 Å². The van der Waals surface area contributed by atoms with Gasteiger partial charge in [-0.3, -0.25) is 10.3 Å². The van der Waals surface area contributed by atoms with Crippen molar-refractivity contribution in [1.29, 1.82) is 0 Å². The van der Waals surface area contributed by atoms with Gasteiger partial charge < -0.3 is 22.9 Å². The molecule has 3 aromatic rings. The maximum absolute atomic E-state index is 5.53. The molecule has 0 aliphatic carbocycles. The molecule has 2 aromatic carbocycles. The number of hydrogen-bond donors (Lipinski definition) is 5. The Morgan fingerprint density at radius 2 is 1.69 bits per heavy atom. The Hall–Kier alpha value is -2.78. The number of aliphatic imine (C=N–C) groups is 1. The van der Waals surface area contributed by atoms with Crippen LogP contribution in [0.15, 0.2) is 59.7 Å². The molecule has 3 rings (SSSR count). The van der Waals surface area contributed by atoms with Gasteiger partial charge in [-0.15, -0.1) is 11.3 Å². The van der Waals surface area contributed by atoms with Crippen LogP contribution in [0.3, 0.4) is 0 Å². The van der Waals surface area contributed by atoms with Crippen LogP contribution in [-0.2, 0) is 12.8 Å². The zero-order valence-corrected chi connectivity index (χ0v) is 17.0. The van der Waals surface area contributed by atoms with Crippen molar-refractivity contribution in [3.05, 3.63) is 65.9 Å². The Balaban J connectivity index is 1.72. The van der Waals surface area contributed by atoms with Gasteiger partial charge in [0, 0.05) is 24.8 Å². The largest absolute Gasteiger partial charge is 0.370 e. The van der Waals surface area contributed by atoms with Gasteiger partial charge in [0.1, 0.15) is 11.3 Å². The van der Waals surface area contributed by atoms with E-state index in [4.69, 9.17) is 22.9 Å². The second kappa shape index (κ2) is 10.1. The lowest BCUT2D eigenvalue weighted by Crippen LogP contribution is -2.45. The maximum atomic E-state index is 5.53. The minimum Gasteiger partial charge on any atom is -0.370 e. The molecule has 0 aliphatic heterocycles. The van der Waals surface area contributed by atoms with E-state index in [1.807, 2.05) is 12.3 Å². The van der Waals surface area contributed by atoms with Crippen molar-refractivity contribution in [2.75, 3.05) is 13.1 Å². The molecule has 152 valence electrons. The highest BCUT2D eigenvalue weighted by atomic mass is 32.1. The predicted molar refractivity (Wildman–Crippen MR) is 121 cm³/mol. The topological polar surface area (TPSA) is 141 Å². The van der Waals surface area contributed by atoms with E-state index in [-0.39, 0.29) is 5.96 Å². The van der Waals surface area contributed by atoms with Crippen molar-refractivity contribution in [3.8, 4) is 21.0 Å². The van der Waals surface area contributed by atoms with Crippen LogP contribution in [-0.4, -0.2) is 30.3 Å². The van der Waals surface area contributed by atoms with Crippen LogP contribution in [0.5, 0.6) is 0 Å². The Kier molecular flexibility index (Phi) is 7.31. The molecule has 29 heavy (non-hydrogen) atoms. The number of thiazole rings is 1. The molecule has 9 N–H and O–H groups in total. The third-order valence-electron chi connectivity index (χ3n) is 4.38. The first kappa shape index (κ1) is 20.9. The van der Waals surface area contributed by atoms with Crippen molar-refractivity contribution >= 4 is 17.3 Å². The van der Waals surface area contributed by atoms with Crippen LogP contribution in [0, 0.1) is 0 Å². The van der Waals surface area contributed by atoms with E-state index in [0.717, 1.165) is 40.4 Å². The fourth-order valence-electron chi connectivity index (χ4n) is 2.98. The Morgan fingerprint density at radius 1 is 1.00 bits per heavy atom. The molecule has 7 nitrogen and oxygen atoms in total. The van der Waals surface area contributed by atoms with Crippen LogP contribution in [0.1, 0.15) is 11.1 Å². The summed E-state index contributed by atoms with van der Waals surface area (Å²) >= 11 is 1.68. The number of nitrogens with two attached hydrogens (primary N) is 4. The lowest BCUT2D eigenvalue weighted by Gasteiger charge is -2.08. The smallest absolute Gasteiger partial charge is 0.185 e. The lowest BCUT2D eigenvalue weighted by atomic mass is 10.1. The van der Waals surface area contributed by atoms with E-state index in [2.05, 4.69) is 57.8 Å². The standard InChI is InChI=1S/C21H27N7S/c22-20(23)26-9-7-14-3-1-5-16(11-14)18-13-28-19(29-18)17-6-2-4-15(12-17)8-10-27-21(24)25/h1-6,11-13,20,26H,7-10,22-23H2,(H4,24,25,27). The minimum absolute atomic E-state index is 0.120. The predicted octanol–water partition coefficient (Wildman–Crippen LogP) is 1.63. The molecule has 0 atom stereocenters. The van der Waals surface area contributed by atoms with Gasteiger partial charge in [-0.1, -0.05) is 42.5 Å². The third kappa shape index (κ3) is 6.37. The van der Waals surface area contributed by atoms with Gasteiger partial charge in [0.25, 0.3) is 0 Å². The van der Waals surface area contributed by atoms with E-state index in [9.17, 15) is 0 Å². The number of guanidine groups is 1. The second-order valence-electron chi connectivity index (χ2n) is 6.72. The molecule has 0 spiro atoms. The van der Waals surface area contributed by atoms with Crippen molar-refractivity contribution in [1.82, 2.24) is 10.3 Å². The van der Waals surface area contributed by atoms with Gasteiger partial charge in [-0.05, 0) is 35.6 Å². The van der Waals surface area contributed by atoms with Crippen molar-refractivity contribution in [3.63, 3.8) is 0 Å². The number of rotatable bonds is 9. The summed E-state index contributed by atoms with van der Waals surface area (Å²) in [4.78, 5) is 9.81. The van der Waals surface area contributed by atoms with Gasteiger partial charge >= 0.3 is 0 Å². The number of aromatic nitrogens is 1. The molecule has 8 heteroatoms. The molecule has 0 aliphatic rings. The number of nitrogens with one attached hydrogen (secondary N) is 1. The van der Waals surface area contributed by atoms with E-state index < -0.39 is 6.29 Å². The van der Waals surface area contributed by atoms with Gasteiger partial charge in [-0.2, -0.15) is 0 Å². The molecule has 0 saturated carbocycles. The molecule has 0 radical (unpaired) electrons. The van der Waals surface area contributed by atoms with Gasteiger partial charge in [0.15, 0.2) is 5.96 Å². The normalized spacial score (nSPS) is 11.0. The first-order chi connectivity index (χ1) is 14.0. The Labute approximate surface area is 174 Å². The second-order valence-corrected chi connectivity index (χ2v) is 7.75. The first-order valence-electron chi connectivity index (χ1n) is 9.45. The average Bonchev–Trinajstić information content (AvgIpc) is 3.18. The molecule has 0 amide bonds. The van der Waals surface area contributed by atoms with Gasteiger partial charge in [-0.25, -0.2) is 4.98 Å². The maximum Gasteiger partial charge on any atom is 0.185 e. The van der Waals surface area contributed by atoms with Gasteiger partial charge in [0.2, 0.25) is 0 Å². The van der Waals surface area contributed by atoms with Crippen LogP contribution in [0.2, 0.25) is 0 Å². The van der Waals surface area contributed by atoms with Crippen molar-refractivity contribution in [2.45, 2.75) is 19.1 Å². The average molecular weight is 410 g/mol. The highest BCUT2D eigenvalue weighted by Crippen LogP contribution is 2.32. The molecule has 1 aromatic heterocycles. The molecular formula is C21H27N7S. The summed E-state index contributed by atoms with van der Waals surface area (Å²) < 4.78 is 0. The highest BCUT2D eigenvalue weighted by molar-refractivity contribution is 7.18. The first-order valence-corrected chi connectivity index (χ1v) is 10.3. The number of benzene rings is 2. The van der Waals surface area contributed by atoms with Crippen LogP contribution >= 0.6 is 11.3 Å². The molecule has 1 heterocycles. The summed E-state index contributed by atoms with van der Waals surface area (Å²) in [6, 6.07) is 16.8. The minimum atomic E-state index is -0.488. The Morgan fingerprint density at radius 3 is 2.41 bits per heavy atom. The molecule has 0 bridgehead atoms. The molecular weight excluding hydrogens is 382 g/mol. The quantitative estimate of drug-likeness (QED) is 0.207. The monoisotopic (exact) mass is 409 g/mol. The molecule has 0 fully saturated rings. The van der Waals surface area contributed by atoms with Crippen LogP contribution in [0.25, 0.3) is 21.0 Å². The summed E-state index contributed by atoms with van der Waals surface area (Å²) in [6.07, 6.45) is 3.09. The molecule has 0 saturated heterocycles. The zero-order valence-electron chi connectivity index (χ0n) is 16.2.